The van der Waals surface area contributed by atoms with Gasteiger partial charge in [-0.1, -0.05) is 6.92 Å². The molecule has 0 bridgehead atoms. The van der Waals surface area contributed by atoms with Gasteiger partial charge in [-0.3, -0.25) is 14.5 Å². The van der Waals surface area contributed by atoms with Gasteiger partial charge in [0.1, 0.15) is 11.8 Å². The highest BCUT2D eigenvalue weighted by molar-refractivity contribution is 5.84. The van der Waals surface area contributed by atoms with Crippen LogP contribution in [0.25, 0.3) is 0 Å². The van der Waals surface area contributed by atoms with Gasteiger partial charge in [-0.2, -0.15) is 0 Å². The number of carbonyl (C=O) groups excluding carboxylic acids is 2. The lowest BCUT2D eigenvalue weighted by Crippen LogP contribution is -2.52. The summed E-state index contributed by atoms with van der Waals surface area (Å²) in [5, 5.41) is 16.8. The lowest BCUT2D eigenvalue weighted by molar-refractivity contribution is -0.148. The van der Waals surface area contributed by atoms with E-state index in [1.165, 1.54) is 13.8 Å². The second-order valence-corrected chi connectivity index (χ2v) is 11.7. The van der Waals surface area contributed by atoms with Crippen molar-refractivity contribution >= 4 is 11.8 Å². The lowest BCUT2D eigenvalue weighted by atomic mass is 9.77. The van der Waals surface area contributed by atoms with Crippen LogP contribution >= 0.6 is 0 Å². The van der Waals surface area contributed by atoms with Crippen LogP contribution in [-0.4, -0.2) is 88.8 Å². The fourth-order valence-corrected chi connectivity index (χ4v) is 6.74. The predicted octanol–water partition coefficient (Wildman–Crippen LogP) is 1.83. The summed E-state index contributed by atoms with van der Waals surface area (Å²) < 4.78 is 14.4. The summed E-state index contributed by atoms with van der Waals surface area (Å²) in [6.45, 7) is 6.99. The summed E-state index contributed by atoms with van der Waals surface area (Å²) in [7, 11) is 1.79. The van der Waals surface area contributed by atoms with Gasteiger partial charge in [-0.25, -0.2) is 4.39 Å². The van der Waals surface area contributed by atoms with Crippen LogP contribution in [-0.2, 0) is 9.59 Å². The Balaban J connectivity index is 1.28. The molecule has 4 aliphatic rings. The highest BCUT2D eigenvalue weighted by atomic mass is 19.1. The Bertz CT molecular complexity index is 711. The summed E-state index contributed by atoms with van der Waals surface area (Å²) in [4.78, 5) is 29.6. The average molecular weight is 467 g/mol. The molecule has 0 aromatic heterocycles. The zero-order chi connectivity index (χ0) is 23.9. The minimum atomic E-state index is -1.35. The largest absolute Gasteiger partial charge is 0.381 e. The molecule has 0 aromatic carbocycles. The van der Waals surface area contributed by atoms with E-state index >= 15 is 0 Å². The van der Waals surface area contributed by atoms with E-state index in [4.69, 9.17) is 0 Å². The van der Waals surface area contributed by atoms with Crippen LogP contribution in [0, 0.1) is 11.8 Å². The molecule has 2 amide bonds. The molecule has 0 radical (unpaired) electrons. The Morgan fingerprint density at radius 1 is 1.15 bits per heavy atom. The van der Waals surface area contributed by atoms with E-state index in [9.17, 15) is 19.1 Å². The van der Waals surface area contributed by atoms with Crippen molar-refractivity contribution in [2.45, 2.75) is 114 Å². The molecule has 8 atom stereocenters. The molecule has 8 heteroatoms. The molecule has 4 rings (SSSR count). The van der Waals surface area contributed by atoms with Crippen LogP contribution in [0.3, 0.4) is 0 Å². The topological polar surface area (TPSA) is 84.9 Å². The Kier molecular flexibility index (Phi) is 7.37. The third-order valence-electron chi connectivity index (χ3n) is 8.75. The number of carbonyl (C=O) groups is 2. The van der Waals surface area contributed by atoms with Crippen molar-refractivity contribution in [1.29, 1.82) is 0 Å². The number of hydrogen-bond acceptors (Lipinski definition) is 5. The van der Waals surface area contributed by atoms with E-state index in [1.54, 1.807) is 11.9 Å². The number of fused-ring (bicyclic) bond motifs is 1. The number of halogens is 1. The number of likely N-dealkylation sites (N-methyl/N-ethyl adjacent to an activating group) is 1. The number of hydrogen-bond donors (Lipinski definition) is 3. The van der Waals surface area contributed by atoms with E-state index < -0.39 is 11.8 Å². The highest BCUT2D eigenvalue weighted by Gasteiger charge is 2.46. The first kappa shape index (κ1) is 24.9. The fraction of sp³-hybridized carbons (Fsp3) is 0.920. The fourth-order valence-electron chi connectivity index (χ4n) is 6.74. The number of nitrogens with zero attached hydrogens (tertiary/aromatic N) is 2. The molecule has 2 heterocycles. The monoisotopic (exact) mass is 466 g/mol. The van der Waals surface area contributed by atoms with Crippen LogP contribution in [0.15, 0.2) is 0 Å². The minimum absolute atomic E-state index is 0.0317. The third kappa shape index (κ3) is 5.38. The number of alkyl halides is 1. The van der Waals surface area contributed by atoms with E-state index in [-0.39, 0.29) is 41.9 Å². The second-order valence-electron chi connectivity index (χ2n) is 11.7. The lowest BCUT2D eigenvalue weighted by Gasteiger charge is -2.37. The second kappa shape index (κ2) is 9.78. The Labute approximate surface area is 197 Å². The first-order valence-electron chi connectivity index (χ1n) is 13.0. The normalized spacial score (nSPS) is 39.8. The Morgan fingerprint density at radius 2 is 1.91 bits per heavy atom. The SMILES string of the molecule is CC1CCC(F)C2CC(C(=O)N[C@@H]3CCC[C@H](N4CC[C@@H](N(C)C(=O)C(C)(C)O)C4)C3)NC12. The smallest absolute Gasteiger partial charge is 0.253 e. The molecule has 0 aromatic rings. The van der Waals surface area contributed by atoms with E-state index in [1.807, 2.05) is 0 Å². The van der Waals surface area contributed by atoms with Gasteiger partial charge in [0.25, 0.3) is 5.91 Å². The van der Waals surface area contributed by atoms with Gasteiger partial charge in [0.05, 0.1) is 6.04 Å². The van der Waals surface area contributed by atoms with E-state index in [2.05, 4.69) is 22.5 Å². The summed E-state index contributed by atoms with van der Waals surface area (Å²) in [6.07, 6.45) is 6.31. The van der Waals surface area contributed by atoms with Crippen molar-refractivity contribution in [1.82, 2.24) is 20.4 Å². The molecule has 2 saturated carbocycles. The number of nitrogens with one attached hydrogen (secondary N) is 2. The maximum absolute atomic E-state index is 14.4. The van der Waals surface area contributed by atoms with Crippen molar-refractivity contribution in [2.75, 3.05) is 20.1 Å². The van der Waals surface area contributed by atoms with Crippen LogP contribution < -0.4 is 10.6 Å². The molecular formula is C25H43FN4O3. The van der Waals surface area contributed by atoms with Crippen molar-refractivity contribution in [3.05, 3.63) is 0 Å². The van der Waals surface area contributed by atoms with Crippen LogP contribution in [0.4, 0.5) is 4.39 Å². The zero-order valence-corrected chi connectivity index (χ0v) is 20.7. The highest BCUT2D eigenvalue weighted by Crippen LogP contribution is 2.38. The Morgan fingerprint density at radius 3 is 2.61 bits per heavy atom. The quantitative estimate of drug-likeness (QED) is 0.576. The molecule has 2 saturated heterocycles. The van der Waals surface area contributed by atoms with Gasteiger partial charge >= 0.3 is 0 Å². The number of aliphatic hydroxyl groups is 1. The van der Waals surface area contributed by atoms with Crippen LogP contribution in [0.5, 0.6) is 0 Å². The number of likely N-dealkylation sites (tertiary alicyclic amines) is 1. The van der Waals surface area contributed by atoms with Gasteiger partial charge in [-0.15, -0.1) is 0 Å². The molecule has 5 unspecified atom stereocenters. The molecule has 3 N–H and O–H groups in total. The molecule has 2 aliphatic heterocycles. The molecular weight excluding hydrogens is 423 g/mol. The average Bonchev–Trinajstić information content (AvgIpc) is 3.43. The van der Waals surface area contributed by atoms with Gasteiger partial charge in [0.2, 0.25) is 5.91 Å². The van der Waals surface area contributed by atoms with Crippen molar-refractivity contribution < 1.29 is 19.1 Å². The van der Waals surface area contributed by atoms with Gasteiger partial charge in [0, 0.05) is 50.2 Å². The molecule has 0 spiro atoms. The summed E-state index contributed by atoms with van der Waals surface area (Å²) in [5.41, 5.74) is -1.35. The van der Waals surface area contributed by atoms with Gasteiger partial charge in [0.15, 0.2) is 0 Å². The third-order valence-corrected chi connectivity index (χ3v) is 8.75. The maximum Gasteiger partial charge on any atom is 0.253 e. The standard InChI is InChI=1S/C25H43FN4O3/c1-15-8-9-20(26)19-13-21(28-22(15)19)23(31)27-16-6-5-7-17(12-16)30-11-10-18(14-30)29(4)24(32)25(2,3)33/h15-22,28,33H,5-14H2,1-4H3,(H,27,31)/t15?,16-,17+,18-,19?,20?,21?,22?/m1/s1. The number of rotatable bonds is 5. The maximum atomic E-state index is 14.4. The van der Waals surface area contributed by atoms with Gasteiger partial charge in [-0.05, 0) is 71.1 Å². The first-order valence-corrected chi connectivity index (χ1v) is 13.0. The predicted molar refractivity (Wildman–Crippen MR) is 125 cm³/mol. The number of amides is 2. The first-order chi connectivity index (χ1) is 15.5. The van der Waals surface area contributed by atoms with Crippen LogP contribution in [0.1, 0.15) is 72.1 Å². The zero-order valence-electron chi connectivity index (χ0n) is 20.7. The van der Waals surface area contributed by atoms with Gasteiger partial charge < -0.3 is 20.6 Å². The van der Waals surface area contributed by atoms with Crippen molar-refractivity contribution in [2.24, 2.45) is 11.8 Å². The van der Waals surface area contributed by atoms with Crippen molar-refractivity contribution in [3.8, 4) is 0 Å². The molecule has 188 valence electrons. The van der Waals surface area contributed by atoms with Crippen LogP contribution in [0.2, 0.25) is 0 Å². The Hall–Kier alpha value is -1.25. The minimum Gasteiger partial charge on any atom is -0.381 e. The molecule has 4 fully saturated rings. The van der Waals surface area contributed by atoms with E-state index in [0.29, 0.717) is 24.8 Å². The summed E-state index contributed by atoms with van der Waals surface area (Å²) >= 11 is 0. The molecule has 7 nitrogen and oxygen atoms in total. The van der Waals surface area contributed by atoms with E-state index in [0.717, 1.165) is 51.6 Å². The molecule has 33 heavy (non-hydrogen) atoms. The molecule has 2 aliphatic carbocycles. The summed E-state index contributed by atoms with van der Waals surface area (Å²) in [5.74, 6) is 0.180. The van der Waals surface area contributed by atoms with Crippen molar-refractivity contribution in [3.63, 3.8) is 0 Å². The summed E-state index contributed by atoms with van der Waals surface area (Å²) in [6, 6.07) is 0.495.